The molecular weight excluding hydrogens is 453 g/mol. The molecular formula is C21H14F5N3O4. The Morgan fingerprint density at radius 1 is 1.03 bits per heavy atom. The van der Waals surface area contributed by atoms with Gasteiger partial charge >= 0.3 is 6.18 Å². The van der Waals surface area contributed by atoms with Gasteiger partial charge in [0, 0.05) is 18.0 Å². The maximum Gasteiger partial charge on any atom is 0.419 e. The van der Waals surface area contributed by atoms with Gasteiger partial charge in [-0.1, -0.05) is 0 Å². The van der Waals surface area contributed by atoms with Crippen molar-refractivity contribution in [3.8, 4) is 17.2 Å². The van der Waals surface area contributed by atoms with Gasteiger partial charge < -0.3 is 20.5 Å². The molecule has 0 aliphatic heterocycles. The number of carbonyl (C=O) groups is 2. The zero-order valence-electron chi connectivity index (χ0n) is 16.7. The minimum atomic E-state index is -4.91. The molecule has 7 nitrogen and oxygen atoms in total. The molecule has 0 radical (unpaired) electrons. The van der Waals surface area contributed by atoms with Crippen LogP contribution in [0.25, 0.3) is 0 Å². The van der Waals surface area contributed by atoms with Crippen LogP contribution in [-0.2, 0) is 6.18 Å². The molecule has 0 saturated carbocycles. The second kappa shape index (κ2) is 9.10. The van der Waals surface area contributed by atoms with Gasteiger partial charge in [-0.15, -0.1) is 0 Å². The van der Waals surface area contributed by atoms with Crippen molar-refractivity contribution in [2.45, 2.75) is 6.18 Å². The number of methoxy groups -OCH3 is 1. The number of primary amides is 1. The molecule has 1 heterocycles. The van der Waals surface area contributed by atoms with Crippen molar-refractivity contribution >= 4 is 17.5 Å². The predicted octanol–water partition coefficient (Wildman–Crippen LogP) is 4.53. The van der Waals surface area contributed by atoms with E-state index in [9.17, 15) is 31.5 Å². The SMILES string of the molecule is COc1c(C(F)(F)F)ccc(Oc2ccc(F)cc2F)c1C(=O)Nc1ccnc(C(N)=O)c1. The van der Waals surface area contributed by atoms with E-state index in [1.54, 1.807) is 0 Å². The van der Waals surface area contributed by atoms with Gasteiger partial charge in [0.2, 0.25) is 0 Å². The van der Waals surface area contributed by atoms with E-state index in [0.717, 1.165) is 37.6 Å². The summed E-state index contributed by atoms with van der Waals surface area (Å²) in [6, 6.07) is 6.00. The molecule has 3 aromatic rings. The number of amides is 2. The average molecular weight is 467 g/mol. The van der Waals surface area contributed by atoms with E-state index < -0.39 is 58.0 Å². The number of nitrogens with two attached hydrogens (primary N) is 1. The molecule has 0 aliphatic carbocycles. The Morgan fingerprint density at radius 2 is 1.73 bits per heavy atom. The number of carbonyl (C=O) groups excluding carboxylic acids is 2. The normalized spacial score (nSPS) is 11.1. The standard InChI is InChI=1S/C21H14F5N3O4/c1-32-18-12(21(24,25)26)3-5-16(33-15-4-2-10(22)8-13(15)23)17(18)20(31)29-11-6-7-28-14(9-11)19(27)30/h2-9H,1H3,(H2,27,30)(H,28,29,31). The summed E-state index contributed by atoms with van der Waals surface area (Å²) in [5.74, 6) is -6.06. The molecule has 0 saturated heterocycles. The van der Waals surface area contributed by atoms with Crippen LogP contribution in [0.15, 0.2) is 48.7 Å². The number of hydrogen-bond donors (Lipinski definition) is 2. The van der Waals surface area contributed by atoms with Gasteiger partial charge in [-0.25, -0.2) is 8.78 Å². The van der Waals surface area contributed by atoms with Gasteiger partial charge in [0.1, 0.15) is 28.6 Å². The molecule has 12 heteroatoms. The molecule has 0 atom stereocenters. The van der Waals surface area contributed by atoms with Crippen molar-refractivity contribution in [3.05, 3.63) is 77.1 Å². The lowest BCUT2D eigenvalue weighted by Crippen LogP contribution is -2.19. The lowest BCUT2D eigenvalue weighted by molar-refractivity contribution is -0.138. The largest absolute Gasteiger partial charge is 0.495 e. The number of rotatable bonds is 6. The van der Waals surface area contributed by atoms with Crippen LogP contribution in [0.4, 0.5) is 27.6 Å². The maximum absolute atomic E-state index is 14.1. The molecule has 0 spiro atoms. The molecule has 1 aromatic heterocycles. The monoisotopic (exact) mass is 467 g/mol. The van der Waals surface area contributed by atoms with E-state index in [1.807, 2.05) is 0 Å². The van der Waals surface area contributed by atoms with Gasteiger partial charge in [0.05, 0.1) is 12.7 Å². The third-order valence-corrected chi connectivity index (χ3v) is 4.24. The molecule has 0 fully saturated rings. The number of ether oxygens (including phenoxy) is 2. The average Bonchev–Trinajstić information content (AvgIpc) is 2.74. The topological polar surface area (TPSA) is 104 Å². The number of benzene rings is 2. The fourth-order valence-electron chi connectivity index (χ4n) is 2.81. The number of alkyl halides is 3. The quantitative estimate of drug-likeness (QED) is 0.519. The molecule has 3 rings (SSSR count). The summed E-state index contributed by atoms with van der Waals surface area (Å²) < 4.78 is 77.9. The summed E-state index contributed by atoms with van der Waals surface area (Å²) in [6.07, 6.45) is -3.76. The Labute approximate surface area is 182 Å². The summed E-state index contributed by atoms with van der Waals surface area (Å²) in [6.45, 7) is 0. The first-order valence-corrected chi connectivity index (χ1v) is 8.99. The van der Waals surface area contributed by atoms with Crippen molar-refractivity contribution in [2.75, 3.05) is 12.4 Å². The highest BCUT2D eigenvalue weighted by Crippen LogP contribution is 2.43. The van der Waals surface area contributed by atoms with Crippen LogP contribution in [0.1, 0.15) is 26.4 Å². The number of nitrogens with zero attached hydrogens (tertiary/aromatic N) is 1. The third-order valence-electron chi connectivity index (χ3n) is 4.24. The molecule has 0 unspecified atom stereocenters. The second-order valence-electron chi connectivity index (χ2n) is 6.44. The van der Waals surface area contributed by atoms with E-state index in [4.69, 9.17) is 15.2 Å². The Hall–Kier alpha value is -4.22. The van der Waals surface area contributed by atoms with Crippen molar-refractivity contribution < 1.29 is 41.0 Å². The Kier molecular flexibility index (Phi) is 6.47. The Morgan fingerprint density at radius 3 is 2.33 bits per heavy atom. The highest BCUT2D eigenvalue weighted by molar-refractivity contribution is 6.09. The molecule has 172 valence electrons. The molecule has 0 bridgehead atoms. The van der Waals surface area contributed by atoms with Crippen LogP contribution < -0.4 is 20.5 Å². The third kappa shape index (κ3) is 5.17. The van der Waals surface area contributed by atoms with Crippen LogP contribution in [0.5, 0.6) is 17.2 Å². The van der Waals surface area contributed by atoms with E-state index >= 15 is 0 Å². The van der Waals surface area contributed by atoms with Crippen molar-refractivity contribution in [1.82, 2.24) is 4.98 Å². The van der Waals surface area contributed by atoms with Crippen LogP contribution in [0.3, 0.4) is 0 Å². The van der Waals surface area contributed by atoms with E-state index in [0.29, 0.717) is 12.1 Å². The molecule has 2 aromatic carbocycles. The van der Waals surface area contributed by atoms with Gasteiger partial charge in [-0.05, 0) is 36.4 Å². The van der Waals surface area contributed by atoms with Crippen LogP contribution in [-0.4, -0.2) is 23.9 Å². The number of hydrogen-bond acceptors (Lipinski definition) is 5. The summed E-state index contributed by atoms with van der Waals surface area (Å²) in [4.78, 5) is 28.0. The first-order valence-electron chi connectivity index (χ1n) is 8.99. The first-order chi connectivity index (χ1) is 15.5. The van der Waals surface area contributed by atoms with Crippen LogP contribution in [0.2, 0.25) is 0 Å². The molecule has 0 aliphatic rings. The summed E-state index contributed by atoms with van der Waals surface area (Å²) >= 11 is 0. The zero-order valence-corrected chi connectivity index (χ0v) is 16.7. The number of aromatic nitrogens is 1. The molecule has 33 heavy (non-hydrogen) atoms. The van der Waals surface area contributed by atoms with Gasteiger partial charge in [-0.2, -0.15) is 13.2 Å². The number of nitrogens with one attached hydrogen (secondary N) is 1. The minimum Gasteiger partial charge on any atom is -0.495 e. The highest BCUT2D eigenvalue weighted by Gasteiger charge is 2.38. The number of anilines is 1. The van der Waals surface area contributed by atoms with Crippen molar-refractivity contribution in [2.24, 2.45) is 5.73 Å². The summed E-state index contributed by atoms with van der Waals surface area (Å²) in [7, 11) is 0.904. The second-order valence-corrected chi connectivity index (χ2v) is 6.44. The van der Waals surface area contributed by atoms with Gasteiger partial charge in [-0.3, -0.25) is 14.6 Å². The first kappa shape index (κ1) is 23.4. The fraction of sp³-hybridized carbons (Fsp3) is 0.0952. The fourth-order valence-corrected chi connectivity index (χ4v) is 2.81. The van der Waals surface area contributed by atoms with Crippen molar-refractivity contribution in [3.63, 3.8) is 0 Å². The smallest absolute Gasteiger partial charge is 0.419 e. The zero-order chi connectivity index (χ0) is 24.3. The molecule has 2 amide bonds. The van der Waals surface area contributed by atoms with Crippen LogP contribution >= 0.6 is 0 Å². The van der Waals surface area contributed by atoms with Crippen molar-refractivity contribution in [1.29, 1.82) is 0 Å². The number of pyridine rings is 1. The summed E-state index contributed by atoms with van der Waals surface area (Å²) in [5, 5.41) is 2.29. The van der Waals surface area contributed by atoms with Gasteiger partial charge in [0.25, 0.3) is 11.8 Å². The van der Waals surface area contributed by atoms with E-state index in [2.05, 4.69) is 10.3 Å². The van der Waals surface area contributed by atoms with E-state index in [-0.39, 0.29) is 11.4 Å². The maximum atomic E-state index is 14.1. The van der Waals surface area contributed by atoms with Gasteiger partial charge in [0.15, 0.2) is 11.6 Å². The van der Waals surface area contributed by atoms with Crippen LogP contribution in [0, 0.1) is 11.6 Å². The Bertz CT molecular complexity index is 1230. The summed E-state index contributed by atoms with van der Waals surface area (Å²) in [5.41, 5.74) is 2.87. The predicted molar refractivity (Wildman–Crippen MR) is 105 cm³/mol. The highest BCUT2D eigenvalue weighted by atomic mass is 19.4. The minimum absolute atomic E-state index is 0.0258. The Balaban J connectivity index is 2.12. The lowest BCUT2D eigenvalue weighted by atomic mass is 10.1. The molecule has 3 N–H and O–H groups in total. The lowest BCUT2D eigenvalue weighted by Gasteiger charge is -2.19. The number of halogens is 5. The van der Waals surface area contributed by atoms with E-state index in [1.165, 1.54) is 6.07 Å².